The molecule has 126 valence electrons. The van der Waals surface area contributed by atoms with E-state index < -0.39 is 17.7 Å². The van der Waals surface area contributed by atoms with E-state index in [4.69, 9.17) is 21.1 Å². The van der Waals surface area contributed by atoms with Gasteiger partial charge in [-0.15, -0.1) is 0 Å². The number of aliphatic hydroxyl groups excluding tert-OH is 1. The topological polar surface area (TPSA) is 72.8 Å². The minimum Gasteiger partial charge on any atom is -0.504 e. The highest BCUT2D eigenvalue weighted by Gasteiger charge is 2.36. The van der Waals surface area contributed by atoms with Gasteiger partial charge >= 0.3 is 11.9 Å². The van der Waals surface area contributed by atoms with Crippen LogP contribution in [0.15, 0.2) is 66.1 Å². The van der Waals surface area contributed by atoms with Crippen molar-refractivity contribution in [3.8, 4) is 0 Å². The van der Waals surface area contributed by atoms with Crippen molar-refractivity contribution in [2.75, 3.05) is 7.11 Å². The molecule has 1 heterocycles. The molecule has 2 aromatic rings. The van der Waals surface area contributed by atoms with Crippen molar-refractivity contribution >= 4 is 34.7 Å². The minimum absolute atomic E-state index is 0.00836. The summed E-state index contributed by atoms with van der Waals surface area (Å²) in [7, 11) is 1.20. The van der Waals surface area contributed by atoms with Gasteiger partial charge in [0.25, 0.3) is 0 Å². The molecule has 0 spiro atoms. The second kappa shape index (κ2) is 6.83. The van der Waals surface area contributed by atoms with Crippen molar-refractivity contribution in [2.24, 2.45) is 0 Å². The molecule has 6 heteroatoms. The number of benzene rings is 2. The molecule has 1 aliphatic rings. The number of methoxy groups -OCH3 is 1. The van der Waals surface area contributed by atoms with E-state index in [0.717, 1.165) is 0 Å². The van der Waals surface area contributed by atoms with Crippen LogP contribution in [-0.2, 0) is 19.1 Å². The van der Waals surface area contributed by atoms with Gasteiger partial charge < -0.3 is 14.6 Å². The molecule has 0 bridgehead atoms. The average Bonchev–Trinajstić information content (AvgIpc) is 2.91. The van der Waals surface area contributed by atoms with E-state index in [-0.39, 0.29) is 16.9 Å². The van der Waals surface area contributed by atoms with E-state index >= 15 is 0 Å². The number of carbonyl (C=O) groups is 2. The highest BCUT2D eigenvalue weighted by Crippen LogP contribution is 2.36. The van der Waals surface area contributed by atoms with Crippen LogP contribution < -0.4 is 0 Å². The maximum Gasteiger partial charge on any atom is 0.348 e. The molecule has 0 fully saturated rings. The molecule has 2 aromatic carbocycles. The lowest BCUT2D eigenvalue weighted by atomic mass is 10.0. The van der Waals surface area contributed by atoms with Crippen molar-refractivity contribution in [3.05, 3.63) is 82.3 Å². The maximum atomic E-state index is 12.2. The molecule has 0 radical (unpaired) electrons. The maximum absolute atomic E-state index is 12.2. The second-order valence-corrected chi connectivity index (χ2v) is 5.62. The Kier molecular flexibility index (Phi) is 4.59. The van der Waals surface area contributed by atoms with Crippen LogP contribution in [0.4, 0.5) is 0 Å². The fraction of sp³-hybridized carbons (Fsp3) is 0.0526. The first-order chi connectivity index (χ1) is 12.0. The number of carbonyl (C=O) groups excluding carboxylic acids is 2. The van der Waals surface area contributed by atoms with Crippen LogP contribution in [0.25, 0.3) is 11.1 Å². The number of aliphatic hydroxyl groups is 1. The molecule has 0 atom stereocenters. The molecule has 25 heavy (non-hydrogen) atoms. The Hall–Kier alpha value is -3.05. The van der Waals surface area contributed by atoms with Crippen molar-refractivity contribution in [1.82, 2.24) is 0 Å². The van der Waals surface area contributed by atoms with Crippen LogP contribution >= 0.6 is 11.6 Å². The lowest BCUT2D eigenvalue weighted by Crippen LogP contribution is -2.09. The molecule has 1 aliphatic heterocycles. The van der Waals surface area contributed by atoms with Crippen molar-refractivity contribution in [1.29, 1.82) is 0 Å². The average molecular weight is 357 g/mol. The van der Waals surface area contributed by atoms with Crippen LogP contribution in [0, 0.1) is 0 Å². The van der Waals surface area contributed by atoms with Crippen LogP contribution in [0.2, 0.25) is 5.02 Å². The van der Waals surface area contributed by atoms with E-state index in [2.05, 4.69) is 0 Å². The Morgan fingerprint density at radius 3 is 2.32 bits per heavy atom. The lowest BCUT2D eigenvalue weighted by molar-refractivity contribution is -0.134. The lowest BCUT2D eigenvalue weighted by Gasteiger charge is -2.09. The summed E-state index contributed by atoms with van der Waals surface area (Å²) >= 11 is 5.87. The van der Waals surface area contributed by atoms with Gasteiger partial charge in [0.05, 0.1) is 7.11 Å². The van der Waals surface area contributed by atoms with Crippen LogP contribution in [0.3, 0.4) is 0 Å². The first kappa shape index (κ1) is 16.8. The fourth-order valence-electron chi connectivity index (χ4n) is 2.49. The third-order valence-electron chi connectivity index (χ3n) is 3.66. The Labute approximate surface area is 148 Å². The monoisotopic (exact) mass is 356 g/mol. The number of halogens is 1. The summed E-state index contributed by atoms with van der Waals surface area (Å²) in [5, 5.41) is 11.0. The van der Waals surface area contributed by atoms with E-state index in [1.165, 1.54) is 7.11 Å². The van der Waals surface area contributed by atoms with Gasteiger partial charge in [-0.3, -0.25) is 0 Å². The summed E-state index contributed by atoms with van der Waals surface area (Å²) in [4.78, 5) is 24.5. The van der Waals surface area contributed by atoms with Gasteiger partial charge in [0, 0.05) is 5.02 Å². The number of hydrogen-bond donors (Lipinski definition) is 1. The summed E-state index contributed by atoms with van der Waals surface area (Å²) in [5.74, 6) is -2.13. The van der Waals surface area contributed by atoms with Gasteiger partial charge in [-0.25, -0.2) is 9.59 Å². The normalized spacial score (nSPS) is 15.8. The molecule has 0 saturated heterocycles. The SMILES string of the molecule is COC(=O)/C(=C1\OC(=O)C(c2ccccc2)=C1O)c1ccc(Cl)cc1. The Morgan fingerprint density at radius 2 is 1.72 bits per heavy atom. The quantitative estimate of drug-likeness (QED) is 0.669. The molecule has 0 amide bonds. The molecule has 0 aromatic heterocycles. The summed E-state index contributed by atoms with van der Waals surface area (Å²) in [6.45, 7) is 0. The molecule has 0 saturated carbocycles. The predicted molar refractivity (Wildman–Crippen MR) is 92.5 cm³/mol. The number of hydrogen-bond acceptors (Lipinski definition) is 5. The molecule has 5 nitrogen and oxygen atoms in total. The zero-order valence-corrected chi connectivity index (χ0v) is 13.9. The smallest absolute Gasteiger partial charge is 0.348 e. The van der Waals surface area contributed by atoms with Gasteiger partial charge in [-0.1, -0.05) is 54.1 Å². The molecular weight excluding hydrogens is 344 g/mol. The fourth-order valence-corrected chi connectivity index (χ4v) is 2.62. The molecule has 0 unspecified atom stereocenters. The minimum atomic E-state index is -0.744. The summed E-state index contributed by atoms with van der Waals surface area (Å²) in [6, 6.07) is 14.9. The first-order valence-corrected chi connectivity index (χ1v) is 7.70. The Bertz CT molecular complexity index is 895. The number of ether oxygens (including phenoxy) is 2. The molecule has 1 N–H and O–H groups in total. The largest absolute Gasteiger partial charge is 0.504 e. The van der Waals surface area contributed by atoms with E-state index in [0.29, 0.717) is 16.1 Å². The summed E-state index contributed by atoms with van der Waals surface area (Å²) in [6.07, 6.45) is 0. The van der Waals surface area contributed by atoms with Crippen LogP contribution in [0.1, 0.15) is 11.1 Å². The van der Waals surface area contributed by atoms with Gasteiger partial charge in [-0.05, 0) is 23.3 Å². The molecule has 0 aliphatic carbocycles. The standard InChI is InChI=1S/C19H13ClO5/c1-24-18(22)15(12-7-9-13(20)10-8-12)17-16(21)14(19(23)25-17)11-5-3-2-4-6-11/h2-10,21H,1H3/b17-15-. The zero-order chi connectivity index (χ0) is 18.0. The van der Waals surface area contributed by atoms with Gasteiger partial charge in [0.2, 0.25) is 0 Å². The summed E-state index contributed by atoms with van der Waals surface area (Å²) in [5.41, 5.74) is 0.821. The number of rotatable bonds is 3. The van der Waals surface area contributed by atoms with Gasteiger partial charge in [0.1, 0.15) is 11.1 Å². The third-order valence-corrected chi connectivity index (χ3v) is 3.91. The zero-order valence-electron chi connectivity index (χ0n) is 13.2. The van der Waals surface area contributed by atoms with E-state index in [1.807, 2.05) is 0 Å². The van der Waals surface area contributed by atoms with Crippen molar-refractivity contribution < 1.29 is 24.2 Å². The van der Waals surface area contributed by atoms with Crippen LogP contribution in [0.5, 0.6) is 0 Å². The van der Waals surface area contributed by atoms with Crippen molar-refractivity contribution in [2.45, 2.75) is 0 Å². The molecular formula is C19H13ClO5. The number of esters is 2. The highest BCUT2D eigenvalue weighted by atomic mass is 35.5. The van der Waals surface area contributed by atoms with E-state index in [9.17, 15) is 14.7 Å². The van der Waals surface area contributed by atoms with Crippen LogP contribution in [-0.4, -0.2) is 24.2 Å². The third kappa shape index (κ3) is 3.14. The first-order valence-electron chi connectivity index (χ1n) is 7.32. The van der Waals surface area contributed by atoms with Gasteiger partial charge in [0.15, 0.2) is 11.5 Å². The second-order valence-electron chi connectivity index (χ2n) is 5.18. The van der Waals surface area contributed by atoms with Crippen molar-refractivity contribution in [3.63, 3.8) is 0 Å². The number of cyclic esters (lactones) is 1. The molecule has 3 rings (SSSR count). The van der Waals surface area contributed by atoms with E-state index in [1.54, 1.807) is 54.6 Å². The van der Waals surface area contributed by atoms with Gasteiger partial charge in [-0.2, -0.15) is 0 Å². The Balaban J connectivity index is 2.21. The Morgan fingerprint density at radius 1 is 1.08 bits per heavy atom. The predicted octanol–water partition coefficient (Wildman–Crippen LogP) is 3.75. The highest BCUT2D eigenvalue weighted by molar-refractivity contribution is 6.30. The summed E-state index contributed by atoms with van der Waals surface area (Å²) < 4.78 is 9.97.